The van der Waals surface area contributed by atoms with Crippen molar-refractivity contribution in [2.24, 2.45) is 0 Å². The molecule has 0 atom stereocenters. The zero-order valence-corrected chi connectivity index (χ0v) is 22.0. The van der Waals surface area contributed by atoms with E-state index in [0.29, 0.717) is 0 Å². The van der Waals surface area contributed by atoms with Crippen LogP contribution in [0.1, 0.15) is 25.7 Å². The predicted octanol–water partition coefficient (Wildman–Crippen LogP) is 6.99. The summed E-state index contributed by atoms with van der Waals surface area (Å²) in [6, 6.07) is 33.9. The van der Waals surface area contributed by atoms with E-state index in [4.69, 9.17) is 29.1 Å². The Morgan fingerprint density at radius 2 is 0.857 bits per heavy atom. The van der Waals surface area contributed by atoms with Gasteiger partial charge in [-0.15, -0.1) is 0 Å². The maximum Gasteiger partial charge on any atom is 0.115 e. The van der Waals surface area contributed by atoms with Crippen LogP contribution in [0.2, 0.25) is 0 Å². The first kappa shape index (κ1) is 22.3. The average molecular weight is 503 g/mol. The van der Waals surface area contributed by atoms with Crippen molar-refractivity contribution in [3.63, 3.8) is 0 Å². The molecule has 1 aliphatic rings. The Kier molecular flexibility index (Phi) is 8.83. The van der Waals surface area contributed by atoms with Crippen molar-refractivity contribution < 1.29 is 13.0 Å². The SMILES string of the molecule is [Cl][Zn-]([Cl])[Cl].c1ccc([P+](c2ccccc2)(c2ccccc2)C2CCCC2)cc1. The van der Waals surface area contributed by atoms with Crippen LogP contribution in [-0.4, -0.2) is 5.66 Å². The Hall–Kier alpha value is -0.417. The van der Waals surface area contributed by atoms with Crippen molar-refractivity contribution in [2.45, 2.75) is 31.3 Å². The quantitative estimate of drug-likeness (QED) is 0.266. The molecule has 144 valence electrons. The standard InChI is InChI=1S/C23H24P.3ClH.Zn/c1-4-12-20(13-5-1)24(23-18-10-11-19-23,21-14-6-2-7-15-21)22-16-8-3-9-17-22;;;;/h1-9,12-17,23H,10-11,18-19H2;3*1H;/q+1;;;;+2/p-3. The van der Waals surface area contributed by atoms with Crippen molar-refractivity contribution >= 4 is 52.2 Å². The molecule has 0 radical (unpaired) electrons. The van der Waals surface area contributed by atoms with E-state index in [1.54, 1.807) is 0 Å². The zero-order chi connectivity index (χ0) is 19.8. The van der Waals surface area contributed by atoms with E-state index in [9.17, 15) is 0 Å². The summed E-state index contributed by atoms with van der Waals surface area (Å²) >= 11 is -2.21. The summed E-state index contributed by atoms with van der Waals surface area (Å²) in [5.41, 5.74) is 0.768. The first-order valence-corrected chi connectivity index (χ1v) is 23.3. The molecule has 5 heteroatoms. The number of halogens is 3. The van der Waals surface area contributed by atoms with E-state index in [1.807, 2.05) is 0 Å². The molecule has 1 fully saturated rings. The molecule has 0 spiro atoms. The van der Waals surface area contributed by atoms with Crippen molar-refractivity contribution in [2.75, 3.05) is 0 Å². The minimum atomic E-state index is -2.21. The van der Waals surface area contributed by atoms with Crippen molar-refractivity contribution in [3.8, 4) is 0 Å². The minimum Gasteiger partial charge on any atom is -0.0620 e. The van der Waals surface area contributed by atoms with E-state index in [2.05, 4.69) is 91.0 Å². The number of benzene rings is 3. The molecule has 4 rings (SSSR count). The molecule has 0 bridgehead atoms. The molecule has 0 aromatic heterocycles. The molecule has 1 saturated carbocycles. The minimum absolute atomic E-state index is 0.768. The van der Waals surface area contributed by atoms with Gasteiger partial charge in [-0.05, 0) is 62.1 Å². The third kappa shape index (κ3) is 5.19. The molecule has 0 saturated heterocycles. The Balaban J connectivity index is 0.000000516. The van der Waals surface area contributed by atoms with Crippen LogP contribution in [0.3, 0.4) is 0 Å². The van der Waals surface area contributed by atoms with E-state index in [-0.39, 0.29) is 0 Å². The molecule has 1 aliphatic carbocycles. The molecular weight excluding hydrogens is 479 g/mol. The number of hydrogen-bond donors (Lipinski definition) is 0. The van der Waals surface area contributed by atoms with Crippen molar-refractivity contribution in [1.29, 1.82) is 0 Å². The Morgan fingerprint density at radius 3 is 1.14 bits per heavy atom. The molecule has 0 aliphatic heterocycles. The maximum atomic E-state index is 5.01. The van der Waals surface area contributed by atoms with E-state index in [0.717, 1.165) is 5.66 Å². The van der Waals surface area contributed by atoms with Crippen LogP contribution < -0.4 is 15.9 Å². The largest absolute Gasteiger partial charge is 0.115 e. The van der Waals surface area contributed by atoms with Gasteiger partial charge in [0.05, 0.1) is 5.66 Å². The van der Waals surface area contributed by atoms with Gasteiger partial charge in [0.15, 0.2) is 0 Å². The van der Waals surface area contributed by atoms with Gasteiger partial charge < -0.3 is 0 Å². The first-order chi connectivity index (χ1) is 13.7. The van der Waals surface area contributed by atoms with Crippen LogP contribution in [0.4, 0.5) is 0 Å². The van der Waals surface area contributed by atoms with Crippen LogP contribution >= 0.6 is 36.3 Å². The molecule has 3 aromatic rings. The monoisotopic (exact) mass is 500 g/mol. The van der Waals surface area contributed by atoms with Crippen molar-refractivity contribution in [3.05, 3.63) is 91.0 Å². The van der Waals surface area contributed by atoms with Gasteiger partial charge >= 0.3 is 42.1 Å². The first-order valence-electron chi connectivity index (χ1n) is 9.78. The molecule has 0 nitrogen and oxygen atoms in total. The Labute approximate surface area is 186 Å². The van der Waals surface area contributed by atoms with Gasteiger partial charge in [-0.3, -0.25) is 0 Å². The number of rotatable bonds is 4. The van der Waals surface area contributed by atoms with Crippen LogP contribution in [0.25, 0.3) is 0 Å². The Morgan fingerprint density at radius 1 is 0.571 bits per heavy atom. The summed E-state index contributed by atoms with van der Waals surface area (Å²) in [4.78, 5) is 0. The second kappa shape index (κ2) is 11.1. The van der Waals surface area contributed by atoms with Gasteiger partial charge in [-0.1, -0.05) is 54.6 Å². The smallest absolute Gasteiger partial charge is 0.0620 e. The summed E-state index contributed by atoms with van der Waals surface area (Å²) in [5.74, 6) is 0. The fraction of sp³-hybridized carbons (Fsp3) is 0.217. The van der Waals surface area contributed by atoms with Gasteiger partial charge in [0.2, 0.25) is 0 Å². The summed E-state index contributed by atoms with van der Waals surface area (Å²) in [6.45, 7) is 0. The van der Waals surface area contributed by atoms with E-state index < -0.39 is 20.2 Å². The summed E-state index contributed by atoms with van der Waals surface area (Å²) in [7, 11) is 13.4. The third-order valence-electron chi connectivity index (χ3n) is 5.36. The summed E-state index contributed by atoms with van der Waals surface area (Å²) in [6.07, 6.45) is 5.46. The molecule has 28 heavy (non-hydrogen) atoms. The van der Waals surface area contributed by atoms with Crippen LogP contribution in [0.5, 0.6) is 0 Å². The Bertz CT molecular complexity index is 723. The van der Waals surface area contributed by atoms with Crippen LogP contribution in [-0.2, 0) is 13.0 Å². The molecule has 0 amide bonds. The van der Waals surface area contributed by atoms with Gasteiger partial charge in [0, 0.05) is 0 Å². The van der Waals surface area contributed by atoms with E-state index >= 15 is 0 Å². The molecule has 3 aromatic carbocycles. The maximum absolute atomic E-state index is 5.01. The summed E-state index contributed by atoms with van der Waals surface area (Å²) < 4.78 is 0. The summed E-state index contributed by atoms with van der Waals surface area (Å²) in [5, 5.41) is 4.61. The van der Waals surface area contributed by atoms with Gasteiger partial charge in [0.25, 0.3) is 0 Å². The van der Waals surface area contributed by atoms with Gasteiger partial charge in [-0.2, -0.15) is 0 Å². The second-order valence-electron chi connectivity index (χ2n) is 6.97. The fourth-order valence-corrected chi connectivity index (χ4v) is 9.59. The molecule has 0 heterocycles. The fourth-order valence-electron chi connectivity index (χ4n) is 4.36. The van der Waals surface area contributed by atoms with Gasteiger partial charge in [0.1, 0.15) is 23.2 Å². The van der Waals surface area contributed by atoms with Crippen LogP contribution in [0.15, 0.2) is 91.0 Å². The van der Waals surface area contributed by atoms with Gasteiger partial charge in [-0.25, -0.2) is 0 Å². The normalized spacial score (nSPS) is 14.2. The molecule has 0 unspecified atom stereocenters. The number of hydrogen-bond acceptors (Lipinski definition) is 0. The molecular formula is C23H24Cl3PZn. The average Bonchev–Trinajstić information content (AvgIpc) is 3.26. The molecule has 0 N–H and O–H groups in total. The van der Waals surface area contributed by atoms with E-state index in [1.165, 1.54) is 41.6 Å². The van der Waals surface area contributed by atoms with Crippen molar-refractivity contribution in [1.82, 2.24) is 0 Å². The second-order valence-corrected chi connectivity index (χ2v) is 24.6. The predicted molar refractivity (Wildman–Crippen MR) is 125 cm³/mol. The topological polar surface area (TPSA) is 0 Å². The van der Waals surface area contributed by atoms with Crippen LogP contribution in [0, 0.1) is 0 Å². The zero-order valence-electron chi connectivity index (χ0n) is 15.9. The third-order valence-corrected chi connectivity index (χ3v) is 10.3.